The van der Waals surface area contributed by atoms with Crippen LogP contribution in [0.3, 0.4) is 0 Å². The van der Waals surface area contributed by atoms with Gasteiger partial charge in [0.15, 0.2) is 11.5 Å². The van der Waals surface area contributed by atoms with Crippen molar-refractivity contribution in [2.45, 2.75) is 0 Å². The number of carbonyl (C=O) groups excluding carboxylic acids is 1. The van der Waals surface area contributed by atoms with Gasteiger partial charge >= 0.3 is 0 Å². The summed E-state index contributed by atoms with van der Waals surface area (Å²) in [5, 5.41) is 17.8. The summed E-state index contributed by atoms with van der Waals surface area (Å²) in [6.45, 7) is 0.0273. The minimum atomic E-state index is -0.553. The van der Waals surface area contributed by atoms with Crippen molar-refractivity contribution in [1.29, 1.82) is 0 Å². The number of nitro groups is 1. The van der Waals surface area contributed by atoms with Gasteiger partial charge in [-0.15, -0.1) is 0 Å². The molecule has 0 aliphatic carbocycles. The number of ether oxygens (including phenoxy) is 2. The summed E-state index contributed by atoms with van der Waals surface area (Å²) in [5.41, 5.74) is 3.12. The number of para-hydroxylation sites is 1. The van der Waals surface area contributed by atoms with Gasteiger partial charge in [-0.2, -0.15) is 5.10 Å². The van der Waals surface area contributed by atoms with Crippen LogP contribution in [0.2, 0.25) is 0 Å². The number of fused-ring (bicyclic) bond motifs is 1. The van der Waals surface area contributed by atoms with E-state index < -0.39 is 4.92 Å². The van der Waals surface area contributed by atoms with Gasteiger partial charge < -0.3 is 14.8 Å². The number of carbonyl (C=O) groups is 1. The summed E-state index contributed by atoms with van der Waals surface area (Å²) >= 11 is 0. The van der Waals surface area contributed by atoms with E-state index in [-0.39, 0.29) is 30.5 Å². The molecule has 2 aromatic rings. The molecule has 3 rings (SSSR count). The Morgan fingerprint density at radius 1 is 1.24 bits per heavy atom. The van der Waals surface area contributed by atoms with E-state index in [9.17, 15) is 14.9 Å². The highest BCUT2D eigenvalue weighted by Gasteiger charge is 2.22. The Bertz CT molecular complexity index is 823. The number of hydrogen-bond donors (Lipinski definition) is 2. The zero-order chi connectivity index (χ0) is 17.6. The van der Waals surface area contributed by atoms with Crippen molar-refractivity contribution < 1.29 is 19.2 Å². The smallest absolute Gasteiger partial charge is 0.282 e. The maximum Gasteiger partial charge on any atom is 0.282 e. The van der Waals surface area contributed by atoms with Crippen LogP contribution in [0, 0.1) is 10.1 Å². The highest BCUT2D eigenvalue weighted by molar-refractivity contribution is 5.88. The third kappa shape index (κ3) is 4.02. The molecule has 2 aromatic carbocycles. The average molecular weight is 342 g/mol. The minimum Gasteiger partial charge on any atom is -0.454 e. The number of hydrogen-bond acceptors (Lipinski definition) is 7. The van der Waals surface area contributed by atoms with Crippen LogP contribution < -0.4 is 20.2 Å². The van der Waals surface area contributed by atoms with E-state index >= 15 is 0 Å². The normalized spacial score (nSPS) is 12.2. The second-order valence-corrected chi connectivity index (χ2v) is 5.03. The van der Waals surface area contributed by atoms with Crippen LogP contribution in [0.25, 0.3) is 0 Å². The number of hydrazone groups is 1. The van der Waals surface area contributed by atoms with Gasteiger partial charge in [-0.25, -0.2) is 5.43 Å². The first-order valence-electron chi connectivity index (χ1n) is 7.32. The zero-order valence-electron chi connectivity index (χ0n) is 13.0. The van der Waals surface area contributed by atoms with E-state index in [0.29, 0.717) is 11.5 Å². The van der Waals surface area contributed by atoms with E-state index in [1.165, 1.54) is 18.3 Å². The maximum absolute atomic E-state index is 11.7. The SMILES string of the molecule is O=C(CNc1ccccc1)NN=Cc1cc2c(cc1[N+](=O)[O-])OCO2. The third-order valence-corrected chi connectivity index (χ3v) is 3.34. The molecule has 1 heterocycles. The molecule has 1 aliphatic rings. The summed E-state index contributed by atoms with van der Waals surface area (Å²) in [4.78, 5) is 22.3. The van der Waals surface area contributed by atoms with Gasteiger partial charge in [0.05, 0.1) is 29.3 Å². The second-order valence-electron chi connectivity index (χ2n) is 5.03. The Hall–Kier alpha value is -3.62. The summed E-state index contributed by atoms with van der Waals surface area (Å²) in [5.74, 6) is 0.313. The molecule has 0 radical (unpaired) electrons. The van der Waals surface area contributed by atoms with Gasteiger partial charge in [0.25, 0.3) is 11.6 Å². The fourth-order valence-electron chi connectivity index (χ4n) is 2.16. The monoisotopic (exact) mass is 342 g/mol. The standard InChI is InChI=1S/C16H14N4O5/c21-16(9-17-12-4-2-1-3-5-12)19-18-8-11-6-14-15(25-10-24-14)7-13(11)20(22)23/h1-8,17H,9-10H2,(H,19,21). The molecule has 2 N–H and O–H groups in total. The van der Waals surface area contributed by atoms with Crippen LogP contribution in [0.1, 0.15) is 5.56 Å². The van der Waals surface area contributed by atoms with E-state index in [2.05, 4.69) is 15.8 Å². The molecule has 1 amide bonds. The molecule has 0 atom stereocenters. The molecule has 1 aliphatic heterocycles. The summed E-state index contributed by atoms with van der Waals surface area (Å²) < 4.78 is 10.3. The number of nitrogens with one attached hydrogen (secondary N) is 2. The largest absolute Gasteiger partial charge is 0.454 e. The fraction of sp³-hybridized carbons (Fsp3) is 0.125. The molecule has 0 bridgehead atoms. The van der Waals surface area contributed by atoms with E-state index in [4.69, 9.17) is 9.47 Å². The topological polar surface area (TPSA) is 115 Å². The van der Waals surface area contributed by atoms with Crippen molar-refractivity contribution in [2.75, 3.05) is 18.7 Å². The number of benzene rings is 2. The predicted octanol–water partition coefficient (Wildman–Crippen LogP) is 1.89. The Morgan fingerprint density at radius 2 is 1.96 bits per heavy atom. The fourth-order valence-corrected chi connectivity index (χ4v) is 2.16. The van der Waals surface area contributed by atoms with Crippen molar-refractivity contribution in [1.82, 2.24) is 5.43 Å². The molecule has 0 saturated heterocycles. The number of anilines is 1. The highest BCUT2D eigenvalue weighted by atomic mass is 16.7. The van der Waals surface area contributed by atoms with Crippen LogP contribution in [0.5, 0.6) is 11.5 Å². The Morgan fingerprint density at radius 3 is 2.68 bits per heavy atom. The van der Waals surface area contributed by atoms with Crippen molar-refractivity contribution in [2.24, 2.45) is 5.10 Å². The van der Waals surface area contributed by atoms with Crippen molar-refractivity contribution in [3.63, 3.8) is 0 Å². The summed E-state index contributed by atoms with van der Waals surface area (Å²) in [7, 11) is 0. The minimum absolute atomic E-state index is 0.00890. The number of nitro benzene ring substituents is 1. The third-order valence-electron chi connectivity index (χ3n) is 3.34. The lowest BCUT2D eigenvalue weighted by molar-refractivity contribution is -0.385. The molecular formula is C16H14N4O5. The van der Waals surface area contributed by atoms with Gasteiger partial charge in [0.1, 0.15) is 0 Å². The molecule has 128 valence electrons. The number of rotatable bonds is 6. The summed E-state index contributed by atoms with van der Waals surface area (Å²) in [6, 6.07) is 11.9. The number of nitrogens with zero attached hydrogens (tertiary/aromatic N) is 2. The van der Waals surface area contributed by atoms with Crippen LogP contribution in [-0.2, 0) is 4.79 Å². The zero-order valence-corrected chi connectivity index (χ0v) is 13.0. The first-order chi connectivity index (χ1) is 12.1. The first kappa shape index (κ1) is 16.2. The maximum atomic E-state index is 11.7. The molecule has 0 aromatic heterocycles. The molecule has 9 nitrogen and oxygen atoms in total. The highest BCUT2D eigenvalue weighted by Crippen LogP contribution is 2.37. The van der Waals surface area contributed by atoms with E-state index in [1.54, 1.807) is 0 Å². The van der Waals surface area contributed by atoms with Crippen molar-refractivity contribution in [3.05, 3.63) is 58.1 Å². The van der Waals surface area contributed by atoms with Gasteiger partial charge in [0.2, 0.25) is 6.79 Å². The Balaban J connectivity index is 1.62. The van der Waals surface area contributed by atoms with Crippen LogP contribution in [-0.4, -0.2) is 30.4 Å². The Kier molecular flexibility index (Phi) is 4.74. The van der Waals surface area contributed by atoms with Crippen LogP contribution >= 0.6 is 0 Å². The van der Waals surface area contributed by atoms with Gasteiger partial charge in [-0.3, -0.25) is 14.9 Å². The molecule has 0 fully saturated rings. The molecule has 0 unspecified atom stereocenters. The quantitative estimate of drug-likeness (QED) is 0.470. The predicted molar refractivity (Wildman–Crippen MR) is 89.9 cm³/mol. The number of amides is 1. The average Bonchev–Trinajstić information content (AvgIpc) is 3.07. The lowest BCUT2D eigenvalue weighted by atomic mass is 10.1. The molecule has 25 heavy (non-hydrogen) atoms. The van der Waals surface area contributed by atoms with Gasteiger partial charge in [-0.1, -0.05) is 18.2 Å². The van der Waals surface area contributed by atoms with Crippen molar-refractivity contribution in [3.8, 4) is 11.5 Å². The molecule has 9 heteroatoms. The van der Waals surface area contributed by atoms with Gasteiger partial charge in [-0.05, 0) is 18.2 Å². The first-order valence-corrected chi connectivity index (χ1v) is 7.32. The lowest BCUT2D eigenvalue weighted by Gasteiger charge is -2.04. The molecular weight excluding hydrogens is 328 g/mol. The van der Waals surface area contributed by atoms with E-state index in [0.717, 1.165) is 5.69 Å². The van der Waals surface area contributed by atoms with E-state index in [1.807, 2.05) is 30.3 Å². The summed E-state index contributed by atoms with van der Waals surface area (Å²) in [6.07, 6.45) is 1.19. The molecule has 0 saturated carbocycles. The van der Waals surface area contributed by atoms with Crippen LogP contribution in [0.4, 0.5) is 11.4 Å². The van der Waals surface area contributed by atoms with Crippen molar-refractivity contribution >= 4 is 23.5 Å². The van der Waals surface area contributed by atoms with Gasteiger partial charge in [0, 0.05) is 5.69 Å². The molecule has 0 spiro atoms. The van der Waals surface area contributed by atoms with Crippen LogP contribution in [0.15, 0.2) is 47.6 Å². The Labute approximate surface area is 142 Å². The lowest BCUT2D eigenvalue weighted by Crippen LogP contribution is -2.25. The second kappa shape index (κ2) is 7.30.